The SMILES string of the molecule is CC1CCC(NC(=O)c2cc3nc(Cc4c(Cl)ccc(CNC(=O)C(C)(C)C)c4Cl)n(C)c3cc2N2CC(C)(C)CC2=O)CC1. The molecule has 1 aromatic heterocycles. The van der Waals surface area contributed by atoms with Crippen molar-refractivity contribution in [2.45, 2.75) is 92.7 Å². The zero-order chi connectivity index (χ0) is 32.8. The molecule has 3 aromatic rings. The van der Waals surface area contributed by atoms with Crippen molar-refractivity contribution in [3.05, 3.63) is 56.8 Å². The lowest BCUT2D eigenvalue weighted by Crippen LogP contribution is -2.38. The number of carbonyl (C=O) groups excluding carboxylic acids is 3. The van der Waals surface area contributed by atoms with Crippen molar-refractivity contribution in [1.82, 2.24) is 20.2 Å². The Morgan fingerprint density at radius 2 is 1.78 bits per heavy atom. The van der Waals surface area contributed by atoms with E-state index in [0.29, 0.717) is 63.5 Å². The monoisotopic (exact) mass is 653 g/mol. The Morgan fingerprint density at radius 3 is 2.40 bits per heavy atom. The van der Waals surface area contributed by atoms with Gasteiger partial charge in [-0.3, -0.25) is 14.4 Å². The molecule has 2 aliphatic rings. The average molecular weight is 655 g/mol. The first kappa shape index (κ1) is 33.3. The minimum atomic E-state index is -0.520. The van der Waals surface area contributed by atoms with Crippen LogP contribution in [-0.2, 0) is 29.6 Å². The van der Waals surface area contributed by atoms with Crippen molar-refractivity contribution < 1.29 is 14.4 Å². The highest BCUT2D eigenvalue weighted by Crippen LogP contribution is 2.38. The third kappa shape index (κ3) is 7.17. The summed E-state index contributed by atoms with van der Waals surface area (Å²) in [4.78, 5) is 46.2. The fourth-order valence-corrected chi connectivity index (χ4v) is 6.92. The van der Waals surface area contributed by atoms with Crippen LogP contribution in [0.3, 0.4) is 0 Å². The van der Waals surface area contributed by atoms with Crippen LogP contribution in [0.5, 0.6) is 0 Å². The molecule has 1 aliphatic carbocycles. The zero-order valence-corrected chi connectivity index (χ0v) is 29.0. The van der Waals surface area contributed by atoms with Gasteiger partial charge in [0.2, 0.25) is 11.8 Å². The average Bonchev–Trinajstić information content (AvgIpc) is 3.42. The second kappa shape index (κ2) is 12.6. The van der Waals surface area contributed by atoms with Crippen LogP contribution in [0.4, 0.5) is 5.69 Å². The van der Waals surface area contributed by atoms with Crippen LogP contribution in [0, 0.1) is 16.7 Å². The Hall–Kier alpha value is -3.10. The van der Waals surface area contributed by atoms with Crippen molar-refractivity contribution in [3.63, 3.8) is 0 Å². The molecule has 0 spiro atoms. The first-order valence-electron chi connectivity index (χ1n) is 15.9. The maximum absolute atomic E-state index is 13.8. The van der Waals surface area contributed by atoms with Crippen LogP contribution >= 0.6 is 23.2 Å². The number of hydrogen-bond acceptors (Lipinski definition) is 4. The van der Waals surface area contributed by atoms with Crippen molar-refractivity contribution in [3.8, 4) is 0 Å². The quantitative estimate of drug-likeness (QED) is 0.282. The molecule has 2 heterocycles. The smallest absolute Gasteiger partial charge is 0.253 e. The Morgan fingerprint density at radius 1 is 1.09 bits per heavy atom. The largest absolute Gasteiger partial charge is 0.352 e. The fraction of sp³-hybridized carbons (Fsp3) is 0.543. The number of aromatic nitrogens is 2. The second-order valence-electron chi connectivity index (χ2n) is 14.8. The number of aryl methyl sites for hydroxylation is 1. The van der Waals surface area contributed by atoms with E-state index < -0.39 is 5.41 Å². The number of amides is 3. The predicted octanol–water partition coefficient (Wildman–Crippen LogP) is 7.20. The highest BCUT2D eigenvalue weighted by atomic mass is 35.5. The maximum atomic E-state index is 13.8. The minimum absolute atomic E-state index is 0.0104. The van der Waals surface area contributed by atoms with Crippen molar-refractivity contribution >= 4 is 57.6 Å². The highest BCUT2D eigenvalue weighted by Gasteiger charge is 2.38. The molecular weight excluding hydrogens is 609 g/mol. The molecule has 0 radical (unpaired) electrons. The molecule has 45 heavy (non-hydrogen) atoms. The zero-order valence-electron chi connectivity index (χ0n) is 27.4. The number of hydrogen-bond donors (Lipinski definition) is 2. The molecule has 0 atom stereocenters. The van der Waals surface area contributed by atoms with Crippen LogP contribution in [0.1, 0.15) is 101 Å². The molecule has 2 fully saturated rings. The number of imidazole rings is 1. The van der Waals surface area contributed by atoms with Gasteiger partial charge in [-0.1, -0.05) is 70.8 Å². The van der Waals surface area contributed by atoms with Crippen LogP contribution < -0.4 is 15.5 Å². The van der Waals surface area contributed by atoms with Crippen LogP contribution in [0.15, 0.2) is 24.3 Å². The number of nitrogens with zero attached hydrogens (tertiary/aromatic N) is 3. The molecule has 0 unspecified atom stereocenters. The third-order valence-electron chi connectivity index (χ3n) is 9.22. The van der Waals surface area contributed by atoms with Gasteiger partial charge in [-0.2, -0.15) is 0 Å². The molecular formula is C35H45Cl2N5O3. The van der Waals surface area contributed by atoms with Crippen molar-refractivity contribution in [1.29, 1.82) is 0 Å². The lowest BCUT2D eigenvalue weighted by Gasteiger charge is -2.28. The number of carbonyl (C=O) groups is 3. The minimum Gasteiger partial charge on any atom is -0.352 e. The molecule has 242 valence electrons. The highest BCUT2D eigenvalue weighted by molar-refractivity contribution is 6.36. The molecule has 10 heteroatoms. The van der Waals surface area contributed by atoms with E-state index in [9.17, 15) is 14.4 Å². The Balaban J connectivity index is 1.50. The molecule has 0 bridgehead atoms. The van der Waals surface area contributed by atoms with E-state index in [1.807, 2.05) is 50.6 Å². The Kier molecular flexibility index (Phi) is 9.31. The van der Waals surface area contributed by atoms with E-state index in [4.69, 9.17) is 28.2 Å². The Labute approximate surface area is 276 Å². The third-order valence-corrected chi connectivity index (χ3v) is 10.0. The molecule has 8 nitrogen and oxygen atoms in total. The van der Waals surface area contributed by atoms with Gasteiger partial charge < -0.3 is 20.1 Å². The van der Waals surface area contributed by atoms with Gasteiger partial charge in [0.15, 0.2) is 0 Å². The van der Waals surface area contributed by atoms with Gasteiger partial charge in [-0.05, 0) is 66.3 Å². The molecule has 1 saturated heterocycles. The summed E-state index contributed by atoms with van der Waals surface area (Å²) in [5.41, 5.74) is 3.30. The van der Waals surface area contributed by atoms with Crippen LogP contribution in [-0.4, -0.2) is 39.9 Å². The summed E-state index contributed by atoms with van der Waals surface area (Å²) in [5, 5.41) is 7.20. The van der Waals surface area contributed by atoms with E-state index in [-0.39, 0.29) is 35.7 Å². The van der Waals surface area contributed by atoms with Gasteiger partial charge in [0, 0.05) is 49.5 Å². The summed E-state index contributed by atoms with van der Waals surface area (Å²) in [7, 11) is 1.92. The first-order valence-corrected chi connectivity index (χ1v) is 16.6. The van der Waals surface area contributed by atoms with Gasteiger partial charge >= 0.3 is 0 Å². The summed E-state index contributed by atoms with van der Waals surface area (Å²) in [6.07, 6.45) is 4.86. The molecule has 2 N–H and O–H groups in total. The number of rotatable bonds is 7. The second-order valence-corrected chi connectivity index (χ2v) is 15.6. The molecule has 3 amide bonds. The van der Waals surface area contributed by atoms with Crippen LogP contribution in [0.2, 0.25) is 10.0 Å². The summed E-state index contributed by atoms with van der Waals surface area (Å²) in [6.45, 7) is 12.8. The number of anilines is 1. The van der Waals surface area contributed by atoms with E-state index in [2.05, 4.69) is 31.4 Å². The summed E-state index contributed by atoms with van der Waals surface area (Å²) in [5.74, 6) is 1.15. The van der Waals surface area contributed by atoms with Crippen molar-refractivity contribution in [2.24, 2.45) is 23.8 Å². The fourth-order valence-electron chi connectivity index (χ4n) is 6.35. The van der Waals surface area contributed by atoms with Crippen LogP contribution in [0.25, 0.3) is 11.0 Å². The van der Waals surface area contributed by atoms with E-state index in [1.54, 1.807) is 11.0 Å². The van der Waals surface area contributed by atoms with E-state index >= 15 is 0 Å². The van der Waals surface area contributed by atoms with E-state index in [1.165, 1.54) is 0 Å². The number of halogens is 2. The summed E-state index contributed by atoms with van der Waals surface area (Å²) >= 11 is 13.5. The first-order chi connectivity index (χ1) is 21.0. The number of fused-ring (bicyclic) bond motifs is 1. The Bertz CT molecular complexity index is 1650. The summed E-state index contributed by atoms with van der Waals surface area (Å²) in [6, 6.07) is 7.47. The molecule has 2 aromatic carbocycles. The van der Waals surface area contributed by atoms with Gasteiger partial charge in [-0.25, -0.2) is 4.98 Å². The lowest BCUT2D eigenvalue weighted by molar-refractivity contribution is -0.128. The van der Waals surface area contributed by atoms with Gasteiger partial charge in [0.1, 0.15) is 5.82 Å². The van der Waals surface area contributed by atoms with Gasteiger partial charge in [-0.15, -0.1) is 0 Å². The number of nitrogens with one attached hydrogen (secondary N) is 2. The van der Waals surface area contributed by atoms with E-state index in [0.717, 1.165) is 36.8 Å². The molecule has 1 aliphatic heterocycles. The standard InChI is InChI=1S/C35H45Cl2N5O3/c1-20-8-11-22(12-9-20)39-32(44)24-14-26-28(16-27(24)42-19-35(5,6)17-30(42)43)41(7)29(40-26)15-23-25(36)13-10-21(31(23)37)18-38-33(45)34(2,3)4/h10,13-14,16,20,22H,8-9,11-12,15,17-19H2,1-7H3,(H,38,45)(H,39,44). The topological polar surface area (TPSA) is 96.3 Å². The predicted molar refractivity (Wildman–Crippen MR) is 181 cm³/mol. The number of benzene rings is 2. The lowest BCUT2D eigenvalue weighted by atomic mass is 9.87. The summed E-state index contributed by atoms with van der Waals surface area (Å²) < 4.78 is 1.97. The molecule has 1 saturated carbocycles. The maximum Gasteiger partial charge on any atom is 0.253 e. The molecule has 5 rings (SSSR count). The van der Waals surface area contributed by atoms with Gasteiger partial charge in [0.05, 0.1) is 27.3 Å². The normalized spacial score (nSPS) is 20.1. The van der Waals surface area contributed by atoms with Gasteiger partial charge in [0.25, 0.3) is 5.91 Å². The van der Waals surface area contributed by atoms with Crippen molar-refractivity contribution in [2.75, 3.05) is 11.4 Å².